The number of carbonyl (C=O) groups excluding carboxylic acids is 2. The fraction of sp³-hybridized carbons (Fsp3) is 0.286. The molecule has 39 heavy (non-hydrogen) atoms. The fourth-order valence-corrected chi connectivity index (χ4v) is 5.45. The number of methoxy groups -OCH3 is 2. The van der Waals surface area contributed by atoms with E-state index >= 15 is 0 Å². The van der Waals surface area contributed by atoms with Gasteiger partial charge in [0.05, 0.1) is 24.8 Å². The Labute approximate surface area is 228 Å². The lowest BCUT2D eigenvalue weighted by atomic mass is 10.1. The van der Waals surface area contributed by atoms with Gasteiger partial charge < -0.3 is 19.7 Å². The van der Waals surface area contributed by atoms with E-state index in [4.69, 9.17) is 9.47 Å². The molecule has 0 unspecified atom stereocenters. The van der Waals surface area contributed by atoms with Crippen LogP contribution in [0.5, 0.6) is 11.5 Å². The number of rotatable bonds is 12. The van der Waals surface area contributed by atoms with Gasteiger partial charge in [0.1, 0.15) is 18.4 Å². The van der Waals surface area contributed by atoms with Crippen LogP contribution in [0.15, 0.2) is 77.7 Å². The molecule has 0 fully saturated rings. The van der Waals surface area contributed by atoms with Gasteiger partial charge in [-0.25, -0.2) is 12.8 Å². The average Bonchev–Trinajstić information content (AvgIpc) is 2.96. The highest BCUT2D eigenvalue weighted by Gasteiger charge is 2.32. The van der Waals surface area contributed by atoms with E-state index < -0.39 is 40.2 Å². The van der Waals surface area contributed by atoms with Crippen molar-refractivity contribution in [1.82, 2.24) is 10.2 Å². The summed E-state index contributed by atoms with van der Waals surface area (Å²) in [6.07, 6.45) is 0.451. The van der Waals surface area contributed by atoms with E-state index in [9.17, 15) is 22.4 Å². The van der Waals surface area contributed by atoms with E-state index in [-0.39, 0.29) is 22.9 Å². The zero-order valence-corrected chi connectivity index (χ0v) is 23.1. The first-order valence-electron chi connectivity index (χ1n) is 12.2. The summed E-state index contributed by atoms with van der Waals surface area (Å²) in [5, 5.41) is 2.54. The van der Waals surface area contributed by atoms with Crippen LogP contribution in [0, 0.1) is 5.82 Å². The van der Waals surface area contributed by atoms with E-state index in [0.29, 0.717) is 12.2 Å². The summed E-state index contributed by atoms with van der Waals surface area (Å²) in [7, 11) is -0.0821. The maximum absolute atomic E-state index is 13.9. The molecule has 0 radical (unpaired) electrons. The van der Waals surface area contributed by atoms with E-state index in [1.165, 1.54) is 56.5 Å². The first kappa shape index (κ1) is 29.4. The topological polar surface area (TPSA) is 105 Å². The number of ether oxygens (including phenoxy) is 2. The van der Waals surface area contributed by atoms with Crippen LogP contribution in [0.4, 0.5) is 10.1 Å². The van der Waals surface area contributed by atoms with Gasteiger partial charge in [0.15, 0.2) is 11.5 Å². The molecule has 3 rings (SSSR count). The van der Waals surface area contributed by atoms with Gasteiger partial charge in [-0.1, -0.05) is 30.3 Å². The molecule has 0 heterocycles. The molecular formula is C28H32FN3O6S. The zero-order chi connectivity index (χ0) is 28.6. The largest absolute Gasteiger partial charge is 0.493 e. The number of anilines is 1. The van der Waals surface area contributed by atoms with Gasteiger partial charge in [0.2, 0.25) is 11.8 Å². The predicted octanol–water partition coefficient (Wildman–Crippen LogP) is 3.24. The number of hydrogen-bond acceptors (Lipinski definition) is 6. The van der Waals surface area contributed by atoms with Crippen LogP contribution in [0.1, 0.15) is 12.5 Å². The molecule has 3 aromatic carbocycles. The van der Waals surface area contributed by atoms with Crippen LogP contribution in [0.2, 0.25) is 0 Å². The summed E-state index contributed by atoms with van der Waals surface area (Å²) < 4.78 is 52.8. The number of hydrogen-bond donors (Lipinski definition) is 1. The van der Waals surface area contributed by atoms with Gasteiger partial charge >= 0.3 is 0 Å². The highest BCUT2D eigenvalue weighted by atomic mass is 32.2. The first-order chi connectivity index (χ1) is 18.6. The second-order valence-electron chi connectivity index (χ2n) is 8.62. The minimum absolute atomic E-state index is 0.0788. The number of nitrogens with zero attached hydrogens (tertiary/aromatic N) is 2. The van der Waals surface area contributed by atoms with Crippen molar-refractivity contribution in [2.45, 2.75) is 24.3 Å². The van der Waals surface area contributed by atoms with Crippen molar-refractivity contribution in [3.8, 4) is 11.5 Å². The number of sulfonamides is 1. The molecule has 0 spiro atoms. The number of likely N-dealkylation sites (N-methyl/N-ethyl adjacent to an activating group) is 1. The van der Waals surface area contributed by atoms with Crippen molar-refractivity contribution in [3.05, 3.63) is 84.2 Å². The monoisotopic (exact) mass is 557 g/mol. The number of halogens is 1. The van der Waals surface area contributed by atoms with Gasteiger partial charge in [-0.05, 0) is 55.3 Å². The highest BCUT2D eigenvalue weighted by molar-refractivity contribution is 7.92. The number of nitrogens with one attached hydrogen (secondary N) is 1. The third-order valence-corrected chi connectivity index (χ3v) is 8.00. The molecule has 3 aromatic rings. The molecule has 0 saturated heterocycles. The van der Waals surface area contributed by atoms with Gasteiger partial charge in [0, 0.05) is 19.7 Å². The van der Waals surface area contributed by atoms with Crippen molar-refractivity contribution < 1.29 is 31.9 Å². The van der Waals surface area contributed by atoms with Crippen LogP contribution < -0.4 is 19.1 Å². The average molecular weight is 558 g/mol. The second-order valence-corrected chi connectivity index (χ2v) is 10.5. The van der Waals surface area contributed by atoms with Crippen molar-refractivity contribution in [2.75, 3.05) is 38.7 Å². The number of benzene rings is 3. The molecule has 0 aliphatic carbocycles. The molecule has 0 bridgehead atoms. The molecule has 0 aromatic heterocycles. The van der Waals surface area contributed by atoms with Gasteiger partial charge in [-0.3, -0.25) is 13.9 Å². The molecule has 9 nitrogen and oxygen atoms in total. The zero-order valence-electron chi connectivity index (χ0n) is 22.3. The van der Waals surface area contributed by atoms with Gasteiger partial charge in [0.25, 0.3) is 10.0 Å². The van der Waals surface area contributed by atoms with Crippen molar-refractivity contribution in [3.63, 3.8) is 0 Å². The quantitative estimate of drug-likeness (QED) is 0.367. The van der Waals surface area contributed by atoms with Gasteiger partial charge in [-0.2, -0.15) is 0 Å². The lowest BCUT2D eigenvalue weighted by Gasteiger charge is -2.31. The summed E-state index contributed by atoms with van der Waals surface area (Å²) in [6, 6.07) is 17.4. The van der Waals surface area contributed by atoms with Crippen LogP contribution in [-0.2, 0) is 26.0 Å². The smallest absolute Gasteiger partial charge is 0.264 e. The third-order valence-electron chi connectivity index (χ3n) is 6.23. The molecule has 11 heteroatoms. The van der Waals surface area contributed by atoms with Crippen LogP contribution in [0.25, 0.3) is 0 Å². The lowest BCUT2D eigenvalue weighted by molar-refractivity contribution is -0.138. The maximum atomic E-state index is 13.9. The van der Waals surface area contributed by atoms with E-state index in [1.54, 1.807) is 6.92 Å². The molecule has 1 N–H and O–H groups in total. The Morgan fingerprint density at radius 1 is 0.949 bits per heavy atom. The molecule has 0 aliphatic rings. The van der Waals surface area contributed by atoms with E-state index in [1.807, 2.05) is 30.3 Å². The Balaban J connectivity index is 2.01. The molecule has 1 atom stereocenters. The van der Waals surface area contributed by atoms with Crippen molar-refractivity contribution in [1.29, 1.82) is 0 Å². The summed E-state index contributed by atoms with van der Waals surface area (Å²) in [4.78, 5) is 27.4. The van der Waals surface area contributed by atoms with E-state index in [0.717, 1.165) is 22.0 Å². The standard InChI is InChI=1S/C28H32FN3O6S/c1-20(28(34)30-2)31(17-16-21-8-6-5-7-9-21)27(33)19-32(23-12-10-22(29)11-13-23)39(35,36)24-14-15-25(37-3)26(18-24)38-4/h5-15,18,20H,16-17,19H2,1-4H3,(H,30,34)/t20-/m1/s1. The molecular weight excluding hydrogens is 525 g/mol. The minimum atomic E-state index is -4.34. The Kier molecular flexibility index (Phi) is 9.89. The normalized spacial score (nSPS) is 11.8. The fourth-order valence-electron chi connectivity index (χ4n) is 4.02. The summed E-state index contributed by atoms with van der Waals surface area (Å²) in [6.45, 7) is 1.12. The van der Waals surface area contributed by atoms with Crippen molar-refractivity contribution >= 4 is 27.5 Å². The maximum Gasteiger partial charge on any atom is 0.264 e. The number of carbonyl (C=O) groups is 2. The minimum Gasteiger partial charge on any atom is -0.493 e. The Hall–Kier alpha value is -4.12. The lowest BCUT2D eigenvalue weighted by Crippen LogP contribution is -2.51. The molecule has 2 amide bonds. The van der Waals surface area contributed by atoms with Gasteiger partial charge in [-0.15, -0.1) is 0 Å². The highest BCUT2D eigenvalue weighted by Crippen LogP contribution is 2.32. The molecule has 208 valence electrons. The Morgan fingerprint density at radius 2 is 1.59 bits per heavy atom. The summed E-state index contributed by atoms with van der Waals surface area (Å²) in [5.41, 5.74) is 1.03. The number of amides is 2. The van der Waals surface area contributed by atoms with Crippen LogP contribution >= 0.6 is 0 Å². The predicted molar refractivity (Wildman–Crippen MR) is 146 cm³/mol. The first-order valence-corrected chi connectivity index (χ1v) is 13.6. The van der Waals surface area contributed by atoms with Crippen LogP contribution in [-0.4, -0.2) is 65.5 Å². The summed E-state index contributed by atoms with van der Waals surface area (Å²) in [5.74, 6) is -1.05. The summed E-state index contributed by atoms with van der Waals surface area (Å²) >= 11 is 0. The molecule has 0 aliphatic heterocycles. The SMILES string of the molecule is CNC(=O)[C@@H](C)N(CCc1ccccc1)C(=O)CN(c1ccc(F)cc1)S(=O)(=O)c1ccc(OC)c(OC)c1. The Morgan fingerprint density at radius 3 is 2.18 bits per heavy atom. The van der Waals surface area contributed by atoms with Crippen LogP contribution in [0.3, 0.4) is 0 Å². The van der Waals surface area contributed by atoms with Crippen molar-refractivity contribution in [2.24, 2.45) is 0 Å². The van der Waals surface area contributed by atoms with E-state index in [2.05, 4.69) is 5.32 Å². The Bertz CT molecular complexity index is 1380. The molecule has 0 saturated carbocycles. The second kappa shape index (κ2) is 13.1. The third kappa shape index (κ3) is 7.05.